The lowest BCUT2D eigenvalue weighted by Crippen LogP contribution is -2.38. The predicted molar refractivity (Wildman–Crippen MR) is 80.4 cm³/mol. The molecule has 0 saturated carbocycles. The van der Waals surface area contributed by atoms with E-state index in [1.165, 1.54) is 5.69 Å². The number of anilines is 1. The third-order valence-electron chi connectivity index (χ3n) is 3.59. The van der Waals surface area contributed by atoms with Gasteiger partial charge in [-0.05, 0) is 31.4 Å². The van der Waals surface area contributed by atoms with Crippen LogP contribution in [0.25, 0.3) is 0 Å². The van der Waals surface area contributed by atoms with Crippen LogP contribution in [0.1, 0.15) is 13.3 Å². The lowest BCUT2D eigenvalue weighted by molar-refractivity contribution is 0.240. The van der Waals surface area contributed by atoms with Gasteiger partial charge < -0.3 is 20.3 Å². The SMILES string of the molecule is CCNC(=O)NC[C@@H]1CCN(c2cccc(OC)c2)C1. The summed E-state index contributed by atoms with van der Waals surface area (Å²) in [5, 5.41) is 5.67. The molecule has 2 amide bonds. The van der Waals surface area contributed by atoms with Crippen molar-refractivity contribution in [1.29, 1.82) is 0 Å². The highest BCUT2D eigenvalue weighted by molar-refractivity contribution is 5.73. The van der Waals surface area contributed by atoms with Crippen LogP contribution in [-0.4, -0.2) is 39.3 Å². The summed E-state index contributed by atoms with van der Waals surface area (Å²) in [4.78, 5) is 13.7. The van der Waals surface area contributed by atoms with Crippen LogP contribution in [0.4, 0.5) is 10.5 Å². The zero-order valence-corrected chi connectivity index (χ0v) is 12.2. The lowest BCUT2D eigenvalue weighted by atomic mass is 10.1. The van der Waals surface area contributed by atoms with Crippen LogP contribution in [0.15, 0.2) is 24.3 Å². The van der Waals surface area contributed by atoms with E-state index in [4.69, 9.17) is 4.74 Å². The first-order valence-electron chi connectivity index (χ1n) is 7.13. The number of amides is 2. The molecule has 2 rings (SSSR count). The van der Waals surface area contributed by atoms with Crippen LogP contribution in [0.5, 0.6) is 5.75 Å². The molecule has 1 heterocycles. The van der Waals surface area contributed by atoms with Gasteiger partial charge in [-0.15, -0.1) is 0 Å². The quantitative estimate of drug-likeness (QED) is 0.863. The number of rotatable bonds is 5. The highest BCUT2D eigenvalue weighted by Crippen LogP contribution is 2.26. The van der Waals surface area contributed by atoms with E-state index in [-0.39, 0.29) is 6.03 Å². The third-order valence-corrected chi connectivity index (χ3v) is 3.59. The molecular weight excluding hydrogens is 254 g/mol. The van der Waals surface area contributed by atoms with E-state index < -0.39 is 0 Å². The first-order valence-corrected chi connectivity index (χ1v) is 7.13. The van der Waals surface area contributed by atoms with Gasteiger partial charge in [0.2, 0.25) is 0 Å². The second-order valence-corrected chi connectivity index (χ2v) is 5.04. The minimum Gasteiger partial charge on any atom is -0.497 e. The minimum absolute atomic E-state index is 0.0765. The number of urea groups is 1. The van der Waals surface area contributed by atoms with E-state index in [0.29, 0.717) is 12.5 Å². The Bertz CT molecular complexity index is 450. The molecule has 0 spiro atoms. The number of hydrogen-bond donors (Lipinski definition) is 2. The lowest BCUT2D eigenvalue weighted by Gasteiger charge is -2.19. The number of carbonyl (C=O) groups is 1. The maximum absolute atomic E-state index is 11.4. The zero-order chi connectivity index (χ0) is 14.4. The molecule has 0 radical (unpaired) electrons. The van der Waals surface area contributed by atoms with Gasteiger partial charge in [0.15, 0.2) is 0 Å². The monoisotopic (exact) mass is 277 g/mol. The maximum Gasteiger partial charge on any atom is 0.314 e. The summed E-state index contributed by atoms with van der Waals surface area (Å²) < 4.78 is 5.26. The summed E-state index contributed by atoms with van der Waals surface area (Å²) in [6.07, 6.45) is 1.10. The van der Waals surface area contributed by atoms with Crippen molar-refractivity contribution in [2.45, 2.75) is 13.3 Å². The second-order valence-electron chi connectivity index (χ2n) is 5.04. The molecular formula is C15H23N3O2. The Morgan fingerprint density at radius 1 is 1.45 bits per heavy atom. The van der Waals surface area contributed by atoms with Crippen molar-refractivity contribution >= 4 is 11.7 Å². The first kappa shape index (κ1) is 14.5. The summed E-state index contributed by atoms with van der Waals surface area (Å²) in [5.41, 5.74) is 1.19. The molecule has 1 aromatic carbocycles. The largest absolute Gasteiger partial charge is 0.497 e. The fourth-order valence-corrected chi connectivity index (χ4v) is 2.50. The van der Waals surface area contributed by atoms with Crippen molar-refractivity contribution < 1.29 is 9.53 Å². The van der Waals surface area contributed by atoms with Crippen LogP contribution in [0, 0.1) is 5.92 Å². The number of methoxy groups -OCH3 is 1. The molecule has 1 aromatic rings. The Hall–Kier alpha value is -1.91. The molecule has 1 aliphatic rings. The highest BCUT2D eigenvalue weighted by Gasteiger charge is 2.23. The standard InChI is InChI=1S/C15H23N3O2/c1-3-16-15(19)17-10-12-7-8-18(11-12)13-5-4-6-14(9-13)20-2/h4-6,9,12H,3,7-8,10-11H2,1-2H3,(H2,16,17,19)/t12-/m0/s1. The molecule has 110 valence electrons. The van der Waals surface area contributed by atoms with Gasteiger partial charge >= 0.3 is 6.03 Å². The Morgan fingerprint density at radius 3 is 3.05 bits per heavy atom. The Kier molecular flexibility index (Phi) is 5.09. The van der Waals surface area contributed by atoms with Gasteiger partial charge in [0.1, 0.15) is 5.75 Å². The summed E-state index contributed by atoms with van der Waals surface area (Å²) >= 11 is 0. The highest BCUT2D eigenvalue weighted by atomic mass is 16.5. The topological polar surface area (TPSA) is 53.6 Å². The molecule has 1 saturated heterocycles. The van der Waals surface area contributed by atoms with E-state index in [1.807, 2.05) is 19.1 Å². The fourth-order valence-electron chi connectivity index (χ4n) is 2.50. The van der Waals surface area contributed by atoms with Gasteiger partial charge in [0.05, 0.1) is 7.11 Å². The number of carbonyl (C=O) groups excluding carboxylic acids is 1. The summed E-state index contributed by atoms with van der Waals surface area (Å²) in [6.45, 7) is 5.30. The van der Waals surface area contributed by atoms with E-state index in [9.17, 15) is 4.79 Å². The first-order chi connectivity index (χ1) is 9.72. The maximum atomic E-state index is 11.4. The van der Waals surface area contributed by atoms with Crippen molar-refractivity contribution in [3.05, 3.63) is 24.3 Å². The molecule has 0 unspecified atom stereocenters. The molecule has 1 fully saturated rings. The van der Waals surface area contributed by atoms with Crippen LogP contribution in [0.2, 0.25) is 0 Å². The fraction of sp³-hybridized carbons (Fsp3) is 0.533. The molecule has 20 heavy (non-hydrogen) atoms. The van der Waals surface area contributed by atoms with Crippen molar-refractivity contribution in [3.63, 3.8) is 0 Å². The summed E-state index contributed by atoms with van der Waals surface area (Å²) in [5.74, 6) is 1.38. The molecule has 5 heteroatoms. The minimum atomic E-state index is -0.0765. The van der Waals surface area contributed by atoms with Gasteiger partial charge in [-0.1, -0.05) is 6.07 Å². The Balaban J connectivity index is 1.84. The smallest absolute Gasteiger partial charge is 0.314 e. The summed E-state index contributed by atoms with van der Waals surface area (Å²) in [6, 6.07) is 8.04. The molecule has 1 aliphatic heterocycles. The van der Waals surface area contributed by atoms with Crippen molar-refractivity contribution in [2.75, 3.05) is 38.2 Å². The zero-order valence-electron chi connectivity index (χ0n) is 12.2. The number of nitrogens with one attached hydrogen (secondary N) is 2. The molecule has 0 aromatic heterocycles. The molecule has 0 bridgehead atoms. The van der Waals surface area contributed by atoms with Crippen molar-refractivity contribution in [2.24, 2.45) is 5.92 Å². The van der Waals surface area contributed by atoms with Gasteiger partial charge in [0.25, 0.3) is 0 Å². The number of nitrogens with zero attached hydrogens (tertiary/aromatic N) is 1. The normalized spacial score (nSPS) is 17.9. The van der Waals surface area contributed by atoms with E-state index in [2.05, 4.69) is 27.7 Å². The van der Waals surface area contributed by atoms with Crippen LogP contribution in [0.3, 0.4) is 0 Å². The average molecular weight is 277 g/mol. The number of ether oxygens (including phenoxy) is 1. The Labute approximate surface area is 120 Å². The molecule has 2 N–H and O–H groups in total. The van der Waals surface area contributed by atoms with Crippen molar-refractivity contribution in [1.82, 2.24) is 10.6 Å². The van der Waals surface area contributed by atoms with Crippen molar-refractivity contribution in [3.8, 4) is 5.75 Å². The predicted octanol–water partition coefficient (Wildman–Crippen LogP) is 1.84. The third kappa shape index (κ3) is 3.79. The van der Waals surface area contributed by atoms with Gasteiger partial charge in [-0.2, -0.15) is 0 Å². The molecule has 5 nitrogen and oxygen atoms in total. The number of benzene rings is 1. The Morgan fingerprint density at radius 2 is 2.30 bits per heavy atom. The van der Waals surface area contributed by atoms with E-state index >= 15 is 0 Å². The van der Waals surface area contributed by atoms with Crippen LogP contribution < -0.4 is 20.3 Å². The number of hydrogen-bond acceptors (Lipinski definition) is 3. The summed E-state index contributed by atoms with van der Waals surface area (Å²) in [7, 11) is 1.68. The van der Waals surface area contributed by atoms with Gasteiger partial charge in [0, 0.05) is 37.9 Å². The van der Waals surface area contributed by atoms with E-state index in [0.717, 1.165) is 31.8 Å². The molecule has 1 atom stereocenters. The second kappa shape index (κ2) is 7.03. The van der Waals surface area contributed by atoms with Gasteiger partial charge in [-0.25, -0.2) is 4.79 Å². The van der Waals surface area contributed by atoms with Crippen LogP contribution in [-0.2, 0) is 0 Å². The molecule has 0 aliphatic carbocycles. The van der Waals surface area contributed by atoms with Gasteiger partial charge in [-0.3, -0.25) is 0 Å². The average Bonchev–Trinajstić information content (AvgIpc) is 2.94. The van der Waals surface area contributed by atoms with Crippen LogP contribution >= 0.6 is 0 Å². The van der Waals surface area contributed by atoms with E-state index in [1.54, 1.807) is 7.11 Å².